The average Bonchev–Trinajstić information content (AvgIpc) is 2.95. The summed E-state index contributed by atoms with van der Waals surface area (Å²) < 4.78 is 5.14. The van der Waals surface area contributed by atoms with Crippen molar-refractivity contribution in [3.63, 3.8) is 0 Å². The van der Waals surface area contributed by atoms with E-state index in [1.165, 1.54) is 0 Å². The Morgan fingerprint density at radius 1 is 1.43 bits per heavy atom. The quantitative estimate of drug-likeness (QED) is 0.845. The molecular weight excluding hydrogens is 268 g/mol. The van der Waals surface area contributed by atoms with Crippen LogP contribution in [0, 0.1) is 0 Å². The lowest BCUT2D eigenvalue weighted by Gasteiger charge is -2.04. The number of carbonyl (C=O) groups is 1. The molecule has 2 aromatic rings. The van der Waals surface area contributed by atoms with Crippen LogP contribution in [0.2, 0.25) is 0 Å². The average molecular weight is 288 g/mol. The highest BCUT2D eigenvalue weighted by Crippen LogP contribution is 2.11. The van der Waals surface area contributed by atoms with E-state index in [1.807, 2.05) is 26.0 Å². The first-order chi connectivity index (χ1) is 10.1. The van der Waals surface area contributed by atoms with E-state index in [2.05, 4.69) is 20.4 Å². The monoisotopic (exact) mass is 288 g/mol. The topological polar surface area (TPSA) is 80.9 Å². The molecule has 0 spiro atoms. The van der Waals surface area contributed by atoms with E-state index in [4.69, 9.17) is 4.52 Å². The van der Waals surface area contributed by atoms with Crippen molar-refractivity contribution in [2.75, 3.05) is 0 Å². The summed E-state index contributed by atoms with van der Waals surface area (Å²) in [4.78, 5) is 20.0. The third-order valence-electron chi connectivity index (χ3n) is 3.01. The van der Waals surface area contributed by atoms with E-state index < -0.39 is 0 Å². The van der Waals surface area contributed by atoms with Crippen LogP contribution < -0.4 is 5.32 Å². The van der Waals surface area contributed by atoms with Crippen LogP contribution in [-0.2, 0) is 17.8 Å². The minimum absolute atomic E-state index is 0.0162. The zero-order valence-corrected chi connectivity index (χ0v) is 12.4. The van der Waals surface area contributed by atoms with Crippen LogP contribution in [0.3, 0.4) is 0 Å². The predicted octanol–water partition coefficient (Wildman–Crippen LogP) is 2.23. The first-order valence-electron chi connectivity index (χ1n) is 7.13. The number of carbonyl (C=O) groups excluding carboxylic acids is 1. The molecule has 2 heterocycles. The first-order valence-corrected chi connectivity index (χ1v) is 7.13. The molecule has 6 nitrogen and oxygen atoms in total. The number of rotatable bonds is 7. The lowest BCUT2D eigenvalue weighted by Crippen LogP contribution is -2.22. The standard InChI is InChI=1S/C15H20N4O2/c1-11(2)15-18-14(21-19-15)7-3-6-13(20)17-10-12-5-4-8-16-9-12/h4-5,8-9,11H,3,6-7,10H2,1-2H3,(H,17,20). The maximum atomic E-state index is 11.7. The van der Waals surface area contributed by atoms with Crippen molar-refractivity contribution in [2.45, 2.75) is 45.6 Å². The molecule has 1 amide bonds. The molecule has 2 rings (SSSR count). The zero-order chi connectivity index (χ0) is 15.1. The number of hydrogen-bond acceptors (Lipinski definition) is 5. The molecule has 21 heavy (non-hydrogen) atoms. The second-order valence-corrected chi connectivity index (χ2v) is 5.19. The molecule has 0 aliphatic heterocycles. The van der Waals surface area contributed by atoms with Crippen molar-refractivity contribution in [3.8, 4) is 0 Å². The molecular formula is C15H20N4O2. The maximum Gasteiger partial charge on any atom is 0.226 e. The highest BCUT2D eigenvalue weighted by atomic mass is 16.5. The van der Waals surface area contributed by atoms with Gasteiger partial charge in [-0.15, -0.1) is 0 Å². The van der Waals surface area contributed by atoms with Gasteiger partial charge >= 0.3 is 0 Å². The normalized spacial score (nSPS) is 10.8. The Bertz CT molecular complexity index is 566. The molecule has 0 aromatic carbocycles. The van der Waals surface area contributed by atoms with Crippen LogP contribution in [0.25, 0.3) is 0 Å². The van der Waals surface area contributed by atoms with Crippen molar-refractivity contribution in [1.29, 1.82) is 0 Å². The summed E-state index contributed by atoms with van der Waals surface area (Å²) in [5.41, 5.74) is 0.990. The van der Waals surface area contributed by atoms with Gasteiger partial charge in [0.1, 0.15) is 0 Å². The molecule has 1 N–H and O–H groups in total. The smallest absolute Gasteiger partial charge is 0.226 e. The predicted molar refractivity (Wildman–Crippen MR) is 77.4 cm³/mol. The van der Waals surface area contributed by atoms with Gasteiger partial charge in [-0.1, -0.05) is 25.1 Å². The van der Waals surface area contributed by atoms with Crippen molar-refractivity contribution in [3.05, 3.63) is 41.8 Å². The van der Waals surface area contributed by atoms with Gasteiger partial charge in [-0.2, -0.15) is 4.98 Å². The molecule has 2 aromatic heterocycles. The Hall–Kier alpha value is -2.24. The van der Waals surface area contributed by atoms with Crippen LogP contribution in [0.15, 0.2) is 29.0 Å². The zero-order valence-electron chi connectivity index (χ0n) is 12.4. The van der Waals surface area contributed by atoms with Crippen molar-refractivity contribution in [2.24, 2.45) is 0 Å². The molecule has 0 fully saturated rings. The lowest BCUT2D eigenvalue weighted by molar-refractivity contribution is -0.121. The lowest BCUT2D eigenvalue weighted by atomic mass is 10.2. The number of aryl methyl sites for hydroxylation is 1. The van der Waals surface area contributed by atoms with E-state index in [0.29, 0.717) is 37.5 Å². The van der Waals surface area contributed by atoms with Gasteiger partial charge in [0.05, 0.1) is 0 Å². The van der Waals surface area contributed by atoms with Gasteiger partial charge < -0.3 is 9.84 Å². The molecule has 112 valence electrons. The summed E-state index contributed by atoms with van der Waals surface area (Å²) in [6.07, 6.45) is 5.21. The van der Waals surface area contributed by atoms with Gasteiger partial charge in [0, 0.05) is 37.7 Å². The number of hydrogen-bond donors (Lipinski definition) is 1. The second kappa shape index (κ2) is 7.52. The molecule has 6 heteroatoms. The van der Waals surface area contributed by atoms with Gasteiger partial charge in [-0.3, -0.25) is 9.78 Å². The highest BCUT2D eigenvalue weighted by molar-refractivity contribution is 5.75. The van der Waals surface area contributed by atoms with Crippen molar-refractivity contribution in [1.82, 2.24) is 20.4 Å². The van der Waals surface area contributed by atoms with Crippen LogP contribution in [0.5, 0.6) is 0 Å². The first kappa shape index (κ1) is 15.2. The molecule has 0 radical (unpaired) electrons. The molecule has 0 atom stereocenters. The molecule has 0 bridgehead atoms. The van der Waals surface area contributed by atoms with Gasteiger partial charge in [-0.25, -0.2) is 0 Å². The summed E-state index contributed by atoms with van der Waals surface area (Å²) in [5, 5.41) is 6.76. The summed E-state index contributed by atoms with van der Waals surface area (Å²) in [6.45, 7) is 4.53. The number of nitrogens with one attached hydrogen (secondary N) is 1. The van der Waals surface area contributed by atoms with E-state index in [9.17, 15) is 4.79 Å². The van der Waals surface area contributed by atoms with E-state index in [-0.39, 0.29) is 11.8 Å². The molecule has 0 saturated heterocycles. The second-order valence-electron chi connectivity index (χ2n) is 5.19. The maximum absolute atomic E-state index is 11.7. The fraction of sp³-hybridized carbons (Fsp3) is 0.467. The summed E-state index contributed by atoms with van der Waals surface area (Å²) in [5.74, 6) is 1.58. The van der Waals surface area contributed by atoms with Gasteiger partial charge in [0.25, 0.3) is 0 Å². The number of amides is 1. The van der Waals surface area contributed by atoms with Crippen LogP contribution in [-0.4, -0.2) is 21.0 Å². The van der Waals surface area contributed by atoms with E-state index >= 15 is 0 Å². The number of nitrogens with zero attached hydrogens (tertiary/aromatic N) is 3. The fourth-order valence-electron chi connectivity index (χ4n) is 1.80. The van der Waals surface area contributed by atoms with Crippen LogP contribution in [0.1, 0.15) is 49.9 Å². The number of pyridine rings is 1. The van der Waals surface area contributed by atoms with Crippen LogP contribution >= 0.6 is 0 Å². The van der Waals surface area contributed by atoms with Crippen molar-refractivity contribution < 1.29 is 9.32 Å². The van der Waals surface area contributed by atoms with Gasteiger partial charge in [0.2, 0.25) is 11.8 Å². The Morgan fingerprint density at radius 3 is 2.95 bits per heavy atom. The Kier molecular flexibility index (Phi) is 5.43. The van der Waals surface area contributed by atoms with Gasteiger partial charge in [-0.05, 0) is 18.1 Å². The highest BCUT2D eigenvalue weighted by Gasteiger charge is 2.10. The van der Waals surface area contributed by atoms with E-state index in [0.717, 1.165) is 5.56 Å². The molecule has 0 unspecified atom stereocenters. The van der Waals surface area contributed by atoms with E-state index in [1.54, 1.807) is 12.4 Å². The number of aromatic nitrogens is 3. The Labute approximate surface area is 124 Å². The Balaban J connectivity index is 1.67. The summed E-state index contributed by atoms with van der Waals surface area (Å²) in [7, 11) is 0. The fourth-order valence-corrected chi connectivity index (χ4v) is 1.80. The van der Waals surface area contributed by atoms with Crippen molar-refractivity contribution >= 4 is 5.91 Å². The van der Waals surface area contributed by atoms with Crippen LogP contribution in [0.4, 0.5) is 0 Å². The molecule has 0 aliphatic carbocycles. The summed E-state index contributed by atoms with van der Waals surface area (Å²) in [6, 6.07) is 3.78. The minimum atomic E-state index is 0.0162. The minimum Gasteiger partial charge on any atom is -0.352 e. The summed E-state index contributed by atoms with van der Waals surface area (Å²) >= 11 is 0. The SMILES string of the molecule is CC(C)c1noc(CCCC(=O)NCc2cccnc2)n1. The van der Waals surface area contributed by atoms with Gasteiger partial charge in [0.15, 0.2) is 5.82 Å². The third kappa shape index (κ3) is 4.98. The third-order valence-corrected chi connectivity index (χ3v) is 3.01. The Morgan fingerprint density at radius 2 is 2.29 bits per heavy atom. The molecule has 0 saturated carbocycles. The largest absolute Gasteiger partial charge is 0.352 e. The molecule has 0 aliphatic rings.